The third kappa shape index (κ3) is 4.50. The first-order valence-electron chi connectivity index (χ1n) is 9.45. The number of nitrogens with zero attached hydrogens (tertiary/aromatic N) is 1. The van der Waals surface area contributed by atoms with Crippen LogP contribution in [-0.2, 0) is 17.6 Å². The number of thiophene rings is 1. The summed E-state index contributed by atoms with van der Waals surface area (Å²) in [6, 6.07) is 9.61. The molecule has 5 nitrogen and oxygen atoms in total. The Morgan fingerprint density at radius 2 is 2.15 bits per heavy atom. The molecule has 0 amide bonds. The average Bonchev–Trinajstić information content (AvgIpc) is 3.03. The van der Waals surface area contributed by atoms with Crippen LogP contribution < -0.4 is 5.32 Å². The van der Waals surface area contributed by atoms with Crippen molar-refractivity contribution in [2.45, 2.75) is 39.5 Å². The highest BCUT2D eigenvalue weighted by atomic mass is 32.1. The molecule has 6 heteroatoms. The topological polar surface area (TPSA) is 70.9 Å². The van der Waals surface area contributed by atoms with Crippen molar-refractivity contribution in [1.82, 2.24) is 0 Å². The second-order valence-electron chi connectivity index (χ2n) is 6.87. The van der Waals surface area contributed by atoms with E-state index < -0.39 is 0 Å². The van der Waals surface area contributed by atoms with Gasteiger partial charge in [-0.2, -0.15) is 0 Å². The van der Waals surface area contributed by atoms with Gasteiger partial charge in [-0.15, -0.1) is 11.3 Å². The van der Waals surface area contributed by atoms with Gasteiger partial charge in [0, 0.05) is 17.8 Å². The summed E-state index contributed by atoms with van der Waals surface area (Å²) in [7, 11) is 0. The van der Waals surface area contributed by atoms with Gasteiger partial charge in [-0.1, -0.05) is 42.4 Å². The molecule has 2 N–H and O–H groups in total. The Kier molecular flexibility index (Phi) is 6.50. The first-order valence-corrected chi connectivity index (χ1v) is 10.3. The van der Waals surface area contributed by atoms with Gasteiger partial charge in [-0.3, -0.25) is 0 Å². The van der Waals surface area contributed by atoms with Crippen LogP contribution in [0.3, 0.4) is 0 Å². The van der Waals surface area contributed by atoms with Crippen LogP contribution in [0.5, 0.6) is 0 Å². The molecule has 0 spiro atoms. The molecule has 1 aromatic heterocycles. The zero-order valence-electron chi connectivity index (χ0n) is 15.8. The van der Waals surface area contributed by atoms with Crippen molar-refractivity contribution in [3.05, 3.63) is 51.9 Å². The van der Waals surface area contributed by atoms with Crippen LogP contribution in [0.25, 0.3) is 0 Å². The molecule has 0 fully saturated rings. The van der Waals surface area contributed by atoms with E-state index in [0.29, 0.717) is 36.8 Å². The van der Waals surface area contributed by atoms with Crippen molar-refractivity contribution in [3.8, 4) is 0 Å². The summed E-state index contributed by atoms with van der Waals surface area (Å²) in [5, 5.41) is 17.0. The number of oxime groups is 1. The van der Waals surface area contributed by atoms with Crippen LogP contribution in [0, 0.1) is 5.92 Å². The van der Waals surface area contributed by atoms with Crippen molar-refractivity contribution < 1.29 is 14.7 Å². The predicted octanol–water partition coefficient (Wildman–Crippen LogP) is 4.73. The maximum atomic E-state index is 12.5. The lowest BCUT2D eigenvalue weighted by Crippen LogP contribution is -2.15. The van der Waals surface area contributed by atoms with Gasteiger partial charge in [-0.05, 0) is 43.2 Å². The van der Waals surface area contributed by atoms with Crippen LogP contribution >= 0.6 is 11.3 Å². The SMILES string of the molecule is CCOC(=O)c1c(NCCC(=NO)c2ccccc2)sc2c1CCC(C)C2. The number of ether oxygens (including phenoxy) is 1. The predicted molar refractivity (Wildman–Crippen MR) is 109 cm³/mol. The van der Waals surface area contributed by atoms with Gasteiger partial charge in [0.25, 0.3) is 0 Å². The number of hydrogen-bond acceptors (Lipinski definition) is 6. The largest absolute Gasteiger partial charge is 0.462 e. The fourth-order valence-electron chi connectivity index (χ4n) is 3.47. The lowest BCUT2D eigenvalue weighted by Gasteiger charge is -2.18. The fourth-order valence-corrected chi connectivity index (χ4v) is 4.90. The molecule has 1 aliphatic rings. The van der Waals surface area contributed by atoms with Crippen molar-refractivity contribution in [1.29, 1.82) is 0 Å². The minimum atomic E-state index is -0.244. The Bertz CT molecular complexity index is 814. The Balaban J connectivity index is 1.75. The summed E-state index contributed by atoms with van der Waals surface area (Å²) >= 11 is 1.66. The minimum absolute atomic E-state index is 0.244. The Labute approximate surface area is 164 Å². The molecule has 1 aliphatic carbocycles. The van der Waals surface area contributed by atoms with Crippen molar-refractivity contribution in [2.24, 2.45) is 11.1 Å². The van der Waals surface area contributed by atoms with E-state index in [1.807, 2.05) is 37.3 Å². The number of anilines is 1. The van der Waals surface area contributed by atoms with Gasteiger partial charge >= 0.3 is 5.97 Å². The first kappa shape index (κ1) is 19.4. The highest BCUT2D eigenvalue weighted by Crippen LogP contribution is 2.40. The van der Waals surface area contributed by atoms with E-state index in [0.717, 1.165) is 35.4 Å². The number of hydrogen-bond donors (Lipinski definition) is 2. The molecule has 1 heterocycles. The number of esters is 1. The van der Waals surface area contributed by atoms with E-state index in [4.69, 9.17) is 4.74 Å². The summed E-state index contributed by atoms with van der Waals surface area (Å²) in [5.41, 5.74) is 3.37. The molecular weight excluding hydrogens is 360 g/mol. The molecule has 1 atom stereocenters. The lowest BCUT2D eigenvalue weighted by atomic mass is 9.88. The van der Waals surface area contributed by atoms with Crippen molar-refractivity contribution in [2.75, 3.05) is 18.5 Å². The first-order chi connectivity index (χ1) is 13.1. The number of carbonyl (C=O) groups is 1. The molecule has 1 unspecified atom stereocenters. The zero-order chi connectivity index (χ0) is 19.2. The zero-order valence-corrected chi connectivity index (χ0v) is 16.6. The van der Waals surface area contributed by atoms with Crippen LogP contribution in [0.2, 0.25) is 0 Å². The molecule has 1 aromatic carbocycles. The van der Waals surface area contributed by atoms with E-state index in [-0.39, 0.29) is 5.97 Å². The second kappa shape index (κ2) is 9.04. The number of fused-ring (bicyclic) bond motifs is 1. The van der Waals surface area contributed by atoms with Gasteiger partial charge < -0.3 is 15.3 Å². The molecule has 0 saturated carbocycles. The van der Waals surface area contributed by atoms with Gasteiger partial charge in [0.15, 0.2) is 0 Å². The van der Waals surface area contributed by atoms with E-state index in [9.17, 15) is 10.0 Å². The monoisotopic (exact) mass is 386 g/mol. The summed E-state index contributed by atoms with van der Waals surface area (Å²) in [5.74, 6) is 0.399. The molecule has 2 aromatic rings. The highest BCUT2D eigenvalue weighted by molar-refractivity contribution is 7.16. The maximum Gasteiger partial charge on any atom is 0.341 e. The van der Waals surface area contributed by atoms with Crippen LogP contribution in [0.4, 0.5) is 5.00 Å². The molecule has 27 heavy (non-hydrogen) atoms. The van der Waals surface area contributed by atoms with Crippen LogP contribution in [0.1, 0.15) is 53.1 Å². The molecule has 3 rings (SSSR count). The number of rotatable bonds is 7. The smallest absolute Gasteiger partial charge is 0.341 e. The summed E-state index contributed by atoms with van der Waals surface area (Å²) in [4.78, 5) is 13.8. The summed E-state index contributed by atoms with van der Waals surface area (Å²) in [6.07, 6.45) is 3.60. The molecular formula is C21H26N2O3S. The standard InChI is InChI=1S/C21H26N2O3S/c1-3-26-21(24)19-16-10-9-14(2)13-18(16)27-20(19)22-12-11-17(23-25)15-7-5-4-6-8-15/h4-8,14,22,25H,3,9-13H2,1-2H3. The van der Waals surface area contributed by atoms with E-state index in [1.165, 1.54) is 4.88 Å². The van der Waals surface area contributed by atoms with E-state index in [2.05, 4.69) is 17.4 Å². The Hall–Kier alpha value is -2.34. The highest BCUT2D eigenvalue weighted by Gasteiger charge is 2.28. The number of carbonyl (C=O) groups excluding carboxylic acids is 1. The molecule has 0 aliphatic heterocycles. The average molecular weight is 387 g/mol. The van der Waals surface area contributed by atoms with Crippen molar-refractivity contribution in [3.63, 3.8) is 0 Å². The summed E-state index contributed by atoms with van der Waals surface area (Å²) in [6.45, 7) is 5.03. The Morgan fingerprint density at radius 1 is 1.37 bits per heavy atom. The van der Waals surface area contributed by atoms with Gasteiger partial charge in [0.05, 0.1) is 17.9 Å². The molecule has 0 radical (unpaired) electrons. The molecule has 144 valence electrons. The molecule has 0 saturated heterocycles. The quantitative estimate of drug-likeness (QED) is 0.312. The van der Waals surface area contributed by atoms with Crippen LogP contribution in [-0.4, -0.2) is 30.0 Å². The van der Waals surface area contributed by atoms with Gasteiger partial charge in [0.1, 0.15) is 5.00 Å². The van der Waals surface area contributed by atoms with E-state index >= 15 is 0 Å². The van der Waals surface area contributed by atoms with Gasteiger partial charge in [-0.25, -0.2) is 4.79 Å². The summed E-state index contributed by atoms with van der Waals surface area (Å²) < 4.78 is 5.30. The minimum Gasteiger partial charge on any atom is -0.462 e. The second-order valence-corrected chi connectivity index (χ2v) is 7.97. The number of nitrogens with one attached hydrogen (secondary N) is 1. The normalized spacial score (nSPS) is 16.7. The number of benzene rings is 1. The third-order valence-electron chi connectivity index (χ3n) is 4.87. The van der Waals surface area contributed by atoms with E-state index in [1.54, 1.807) is 11.3 Å². The lowest BCUT2D eigenvalue weighted by molar-refractivity contribution is 0.0526. The van der Waals surface area contributed by atoms with Crippen LogP contribution in [0.15, 0.2) is 35.5 Å². The van der Waals surface area contributed by atoms with Crippen molar-refractivity contribution >= 4 is 28.0 Å². The van der Waals surface area contributed by atoms with Gasteiger partial charge in [0.2, 0.25) is 0 Å². The molecule has 0 bridgehead atoms. The third-order valence-corrected chi connectivity index (χ3v) is 6.08. The maximum absolute atomic E-state index is 12.5. The Morgan fingerprint density at radius 3 is 2.85 bits per heavy atom. The fraction of sp³-hybridized carbons (Fsp3) is 0.429.